The SMILES string of the molecule is Cc1cc(Cl)c(C(O)C2CCCCO2)cc1C. The van der Waals surface area contributed by atoms with Crippen LogP contribution in [0.1, 0.15) is 42.1 Å². The van der Waals surface area contributed by atoms with Crippen LogP contribution in [0.25, 0.3) is 0 Å². The number of aryl methyl sites for hydroxylation is 2. The van der Waals surface area contributed by atoms with Crippen LogP contribution in [-0.4, -0.2) is 17.8 Å². The summed E-state index contributed by atoms with van der Waals surface area (Å²) in [6.07, 6.45) is 2.39. The standard InChI is InChI=1S/C14H19ClO2/c1-9-7-11(12(15)8-10(9)2)14(16)13-5-3-4-6-17-13/h7-8,13-14,16H,3-6H2,1-2H3. The van der Waals surface area contributed by atoms with Crippen molar-refractivity contribution < 1.29 is 9.84 Å². The second-order valence-corrected chi connectivity index (χ2v) is 5.22. The Morgan fingerprint density at radius 1 is 1.29 bits per heavy atom. The number of aliphatic hydroxyl groups is 1. The smallest absolute Gasteiger partial charge is 0.107 e. The molecule has 1 N–H and O–H groups in total. The molecular formula is C14H19ClO2. The summed E-state index contributed by atoms with van der Waals surface area (Å²) in [6, 6.07) is 3.89. The fourth-order valence-corrected chi connectivity index (χ4v) is 2.57. The molecule has 2 nitrogen and oxygen atoms in total. The molecule has 0 radical (unpaired) electrons. The highest BCUT2D eigenvalue weighted by Crippen LogP contribution is 2.32. The number of halogens is 1. The molecule has 1 aliphatic heterocycles. The Hall–Kier alpha value is -0.570. The quantitative estimate of drug-likeness (QED) is 0.875. The molecule has 2 rings (SSSR count). The monoisotopic (exact) mass is 254 g/mol. The van der Waals surface area contributed by atoms with Gasteiger partial charge in [0.05, 0.1) is 6.10 Å². The molecule has 0 aromatic heterocycles. The molecule has 0 amide bonds. The number of benzene rings is 1. The topological polar surface area (TPSA) is 29.5 Å². The molecule has 94 valence electrons. The van der Waals surface area contributed by atoms with Crippen LogP contribution in [-0.2, 0) is 4.74 Å². The van der Waals surface area contributed by atoms with E-state index in [0.29, 0.717) is 5.02 Å². The highest BCUT2D eigenvalue weighted by Gasteiger charge is 2.25. The Morgan fingerprint density at radius 3 is 2.65 bits per heavy atom. The summed E-state index contributed by atoms with van der Waals surface area (Å²) >= 11 is 6.20. The molecule has 1 aliphatic rings. The zero-order valence-corrected chi connectivity index (χ0v) is 11.1. The van der Waals surface area contributed by atoms with Gasteiger partial charge in [0.2, 0.25) is 0 Å². The van der Waals surface area contributed by atoms with E-state index in [2.05, 4.69) is 0 Å². The van der Waals surface area contributed by atoms with E-state index in [4.69, 9.17) is 16.3 Å². The number of hydrogen-bond acceptors (Lipinski definition) is 2. The lowest BCUT2D eigenvalue weighted by Gasteiger charge is -2.28. The first kappa shape index (κ1) is 12.9. The van der Waals surface area contributed by atoms with Crippen molar-refractivity contribution in [3.8, 4) is 0 Å². The zero-order valence-electron chi connectivity index (χ0n) is 10.4. The minimum Gasteiger partial charge on any atom is -0.386 e. The van der Waals surface area contributed by atoms with Gasteiger partial charge in [0.1, 0.15) is 6.10 Å². The van der Waals surface area contributed by atoms with Gasteiger partial charge in [-0.2, -0.15) is 0 Å². The predicted molar refractivity (Wildman–Crippen MR) is 69.5 cm³/mol. The molecule has 1 fully saturated rings. The van der Waals surface area contributed by atoms with Crippen LogP contribution in [0.2, 0.25) is 5.02 Å². The molecule has 3 heteroatoms. The van der Waals surface area contributed by atoms with Gasteiger partial charge in [0.25, 0.3) is 0 Å². The van der Waals surface area contributed by atoms with Crippen LogP contribution < -0.4 is 0 Å². The normalized spacial score (nSPS) is 22.5. The highest BCUT2D eigenvalue weighted by atomic mass is 35.5. The third-order valence-electron chi connectivity index (χ3n) is 3.50. The molecule has 1 aromatic carbocycles. The highest BCUT2D eigenvalue weighted by molar-refractivity contribution is 6.31. The zero-order chi connectivity index (χ0) is 12.4. The average molecular weight is 255 g/mol. The van der Waals surface area contributed by atoms with Gasteiger partial charge in [-0.15, -0.1) is 0 Å². The molecule has 0 spiro atoms. The summed E-state index contributed by atoms with van der Waals surface area (Å²) in [5.74, 6) is 0. The van der Waals surface area contributed by atoms with Crippen LogP contribution in [0.5, 0.6) is 0 Å². The van der Waals surface area contributed by atoms with Crippen LogP contribution in [0.4, 0.5) is 0 Å². The summed E-state index contributed by atoms with van der Waals surface area (Å²) in [5.41, 5.74) is 3.09. The predicted octanol–water partition coefficient (Wildman–Crippen LogP) is 3.56. The molecule has 17 heavy (non-hydrogen) atoms. The van der Waals surface area contributed by atoms with Gasteiger partial charge in [-0.1, -0.05) is 17.7 Å². The molecule has 1 heterocycles. The minimum atomic E-state index is -0.609. The van der Waals surface area contributed by atoms with Crippen molar-refractivity contribution in [2.75, 3.05) is 6.61 Å². The van der Waals surface area contributed by atoms with E-state index in [1.54, 1.807) is 0 Å². The first-order valence-corrected chi connectivity index (χ1v) is 6.53. The van der Waals surface area contributed by atoms with Gasteiger partial charge >= 0.3 is 0 Å². The van der Waals surface area contributed by atoms with Crippen molar-refractivity contribution in [2.45, 2.75) is 45.3 Å². The third-order valence-corrected chi connectivity index (χ3v) is 3.83. The van der Waals surface area contributed by atoms with E-state index >= 15 is 0 Å². The molecule has 0 bridgehead atoms. The van der Waals surface area contributed by atoms with E-state index in [-0.39, 0.29) is 6.10 Å². The number of ether oxygens (including phenoxy) is 1. The van der Waals surface area contributed by atoms with E-state index in [0.717, 1.165) is 42.6 Å². The van der Waals surface area contributed by atoms with E-state index in [1.807, 2.05) is 26.0 Å². The van der Waals surface area contributed by atoms with E-state index < -0.39 is 6.10 Å². The summed E-state index contributed by atoms with van der Waals surface area (Å²) in [4.78, 5) is 0. The van der Waals surface area contributed by atoms with Crippen molar-refractivity contribution in [1.82, 2.24) is 0 Å². The maximum atomic E-state index is 10.3. The molecule has 2 atom stereocenters. The number of aliphatic hydroxyl groups excluding tert-OH is 1. The molecule has 0 saturated carbocycles. The fourth-order valence-electron chi connectivity index (χ4n) is 2.24. The van der Waals surface area contributed by atoms with Crippen LogP contribution in [0.3, 0.4) is 0 Å². The van der Waals surface area contributed by atoms with Gasteiger partial charge in [-0.3, -0.25) is 0 Å². The fraction of sp³-hybridized carbons (Fsp3) is 0.571. The van der Waals surface area contributed by atoms with Gasteiger partial charge in [-0.25, -0.2) is 0 Å². The molecule has 0 aliphatic carbocycles. The summed E-state index contributed by atoms with van der Waals surface area (Å²) in [5, 5.41) is 11.0. The van der Waals surface area contributed by atoms with Gasteiger partial charge in [0, 0.05) is 17.2 Å². The van der Waals surface area contributed by atoms with Crippen LogP contribution >= 0.6 is 11.6 Å². The maximum Gasteiger partial charge on any atom is 0.107 e. The Labute approximate surface area is 108 Å². The second-order valence-electron chi connectivity index (χ2n) is 4.81. The van der Waals surface area contributed by atoms with E-state index in [9.17, 15) is 5.11 Å². The van der Waals surface area contributed by atoms with Crippen molar-refractivity contribution >= 4 is 11.6 Å². The lowest BCUT2D eigenvalue weighted by atomic mass is 9.95. The van der Waals surface area contributed by atoms with Gasteiger partial charge < -0.3 is 9.84 Å². The largest absolute Gasteiger partial charge is 0.386 e. The van der Waals surface area contributed by atoms with Crippen molar-refractivity contribution in [3.05, 3.63) is 33.8 Å². The lowest BCUT2D eigenvalue weighted by molar-refractivity contribution is -0.0633. The van der Waals surface area contributed by atoms with Crippen molar-refractivity contribution in [2.24, 2.45) is 0 Å². The van der Waals surface area contributed by atoms with Crippen molar-refractivity contribution in [3.63, 3.8) is 0 Å². The van der Waals surface area contributed by atoms with Gasteiger partial charge in [-0.05, 0) is 50.3 Å². The lowest BCUT2D eigenvalue weighted by Crippen LogP contribution is -2.26. The summed E-state index contributed by atoms with van der Waals surface area (Å²) < 4.78 is 5.61. The third kappa shape index (κ3) is 2.82. The number of rotatable bonds is 2. The first-order chi connectivity index (χ1) is 8.09. The molecular weight excluding hydrogens is 236 g/mol. The molecule has 1 aromatic rings. The average Bonchev–Trinajstić information content (AvgIpc) is 2.34. The van der Waals surface area contributed by atoms with Crippen LogP contribution in [0, 0.1) is 13.8 Å². The summed E-state index contributed by atoms with van der Waals surface area (Å²) in [6.45, 7) is 4.79. The summed E-state index contributed by atoms with van der Waals surface area (Å²) in [7, 11) is 0. The first-order valence-electron chi connectivity index (χ1n) is 6.16. The Balaban J connectivity index is 2.23. The Bertz CT molecular complexity index is 397. The maximum absolute atomic E-state index is 10.3. The van der Waals surface area contributed by atoms with Crippen LogP contribution in [0.15, 0.2) is 12.1 Å². The van der Waals surface area contributed by atoms with E-state index in [1.165, 1.54) is 0 Å². The van der Waals surface area contributed by atoms with Crippen molar-refractivity contribution in [1.29, 1.82) is 0 Å². The van der Waals surface area contributed by atoms with Gasteiger partial charge in [0.15, 0.2) is 0 Å². The number of hydrogen-bond donors (Lipinski definition) is 1. The molecule has 2 unspecified atom stereocenters. The Kier molecular flexibility index (Phi) is 4.08. The molecule has 1 saturated heterocycles. The Morgan fingerprint density at radius 2 is 2.00 bits per heavy atom. The second kappa shape index (κ2) is 5.38. The minimum absolute atomic E-state index is 0.108.